The lowest BCUT2D eigenvalue weighted by Crippen LogP contribution is -2.41. The fraction of sp³-hybridized carbons (Fsp3) is 0.208. The van der Waals surface area contributed by atoms with Crippen molar-refractivity contribution in [3.63, 3.8) is 0 Å². The first-order chi connectivity index (χ1) is 16.2. The van der Waals surface area contributed by atoms with Gasteiger partial charge < -0.3 is 9.47 Å². The van der Waals surface area contributed by atoms with Gasteiger partial charge in [-0.05, 0) is 53.6 Å². The van der Waals surface area contributed by atoms with Crippen LogP contribution in [0.1, 0.15) is 6.42 Å². The highest BCUT2D eigenvalue weighted by Crippen LogP contribution is 2.32. The molecule has 34 heavy (non-hydrogen) atoms. The molecule has 10 heteroatoms. The number of rotatable bonds is 6. The fourth-order valence-corrected chi connectivity index (χ4v) is 6.01. The van der Waals surface area contributed by atoms with Gasteiger partial charge in [0, 0.05) is 16.5 Å². The SMILES string of the molecule is COC(=O)C1CC(Oc2ccccc2F)CN1S(=O)(=O)c1ccc(-c2cc(Cl)cc(Cl)c2)cc1. The zero-order valence-corrected chi connectivity index (χ0v) is 20.3. The van der Waals surface area contributed by atoms with E-state index in [1.807, 2.05) is 0 Å². The molecule has 1 aliphatic heterocycles. The Morgan fingerprint density at radius 3 is 2.26 bits per heavy atom. The van der Waals surface area contributed by atoms with Gasteiger partial charge in [0.2, 0.25) is 10.0 Å². The number of carbonyl (C=O) groups is 1. The number of hydrogen-bond donors (Lipinski definition) is 0. The molecule has 0 bridgehead atoms. The molecular formula is C24H20Cl2FNO5S. The number of ether oxygens (including phenoxy) is 2. The van der Waals surface area contributed by atoms with Gasteiger partial charge in [-0.1, -0.05) is 47.5 Å². The Balaban J connectivity index is 1.61. The van der Waals surface area contributed by atoms with Crippen LogP contribution >= 0.6 is 23.2 Å². The Morgan fingerprint density at radius 2 is 1.65 bits per heavy atom. The van der Waals surface area contributed by atoms with Crippen molar-refractivity contribution in [2.24, 2.45) is 0 Å². The Hall–Kier alpha value is -2.65. The maximum Gasteiger partial charge on any atom is 0.324 e. The molecule has 2 unspecified atom stereocenters. The molecule has 4 rings (SSSR count). The van der Waals surface area contributed by atoms with E-state index in [2.05, 4.69) is 0 Å². The molecule has 0 N–H and O–H groups in total. The second kappa shape index (κ2) is 9.92. The number of para-hydroxylation sites is 1. The molecule has 0 aromatic heterocycles. The molecule has 0 saturated carbocycles. The van der Waals surface area contributed by atoms with Gasteiger partial charge in [0.05, 0.1) is 18.6 Å². The summed E-state index contributed by atoms with van der Waals surface area (Å²) in [5, 5.41) is 0.913. The van der Waals surface area contributed by atoms with E-state index in [1.165, 1.54) is 37.4 Å². The van der Waals surface area contributed by atoms with Gasteiger partial charge in [0.1, 0.15) is 12.1 Å². The molecule has 1 heterocycles. The first-order valence-electron chi connectivity index (χ1n) is 10.3. The first kappa shape index (κ1) is 24.5. The predicted octanol–water partition coefficient (Wildman–Crippen LogP) is 5.18. The zero-order valence-electron chi connectivity index (χ0n) is 18.0. The number of carbonyl (C=O) groups excluding carboxylic acids is 1. The summed E-state index contributed by atoms with van der Waals surface area (Å²) >= 11 is 12.1. The average Bonchev–Trinajstić information content (AvgIpc) is 3.24. The average molecular weight is 524 g/mol. The minimum atomic E-state index is -4.09. The Bertz CT molecular complexity index is 1300. The van der Waals surface area contributed by atoms with Crippen LogP contribution in [0, 0.1) is 5.82 Å². The normalized spacial score (nSPS) is 18.6. The molecule has 3 aromatic carbocycles. The second-order valence-electron chi connectivity index (χ2n) is 7.70. The molecule has 6 nitrogen and oxygen atoms in total. The van der Waals surface area contributed by atoms with Crippen LogP contribution < -0.4 is 4.74 Å². The van der Waals surface area contributed by atoms with Gasteiger partial charge in [0.25, 0.3) is 0 Å². The van der Waals surface area contributed by atoms with E-state index in [-0.39, 0.29) is 23.6 Å². The van der Waals surface area contributed by atoms with Crippen molar-refractivity contribution in [3.05, 3.63) is 82.6 Å². The maximum absolute atomic E-state index is 14.0. The topological polar surface area (TPSA) is 72.9 Å². The third kappa shape index (κ3) is 5.05. The van der Waals surface area contributed by atoms with Gasteiger partial charge in [-0.15, -0.1) is 0 Å². The van der Waals surface area contributed by atoms with Crippen LogP contribution in [0.3, 0.4) is 0 Å². The second-order valence-corrected chi connectivity index (χ2v) is 10.5. The maximum atomic E-state index is 14.0. The van der Waals surface area contributed by atoms with Crippen LogP contribution in [-0.4, -0.2) is 44.5 Å². The standard InChI is InChI=1S/C24H20Cl2FNO5S/c1-32-24(29)22-13-19(33-23-5-3-2-4-21(23)27)14-28(22)34(30,31)20-8-6-15(7-9-20)16-10-17(25)12-18(26)11-16/h2-12,19,22H,13-14H2,1H3. The van der Waals surface area contributed by atoms with Crippen LogP contribution in [0.5, 0.6) is 5.75 Å². The van der Waals surface area contributed by atoms with Crippen molar-refractivity contribution in [2.45, 2.75) is 23.5 Å². The fourth-order valence-electron chi connectivity index (χ4n) is 3.87. The minimum absolute atomic E-state index is 0.00943. The smallest absolute Gasteiger partial charge is 0.324 e. The van der Waals surface area contributed by atoms with Gasteiger partial charge in [0.15, 0.2) is 11.6 Å². The Morgan fingerprint density at radius 1 is 1.00 bits per heavy atom. The molecule has 2 atom stereocenters. The summed E-state index contributed by atoms with van der Waals surface area (Å²) in [5.41, 5.74) is 1.45. The molecule has 1 fully saturated rings. The highest BCUT2D eigenvalue weighted by molar-refractivity contribution is 7.89. The summed E-state index contributed by atoms with van der Waals surface area (Å²) in [6.07, 6.45) is -0.706. The number of benzene rings is 3. The molecule has 0 spiro atoms. The van der Waals surface area contributed by atoms with Crippen molar-refractivity contribution in [1.82, 2.24) is 4.31 Å². The monoisotopic (exact) mass is 523 g/mol. The van der Waals surface area contributed by atoms with Gasteiger partial charge in [-0.25, -0.2) is 12.8 Å². The largest absolute Gasteiger partial charge is 0.486 e. The summed E-state index contributed by atoms with van der Waals surface area (Å²) < 4.78 is 52.4. The van der Waals surface area contributed by atoms with Crippen LogP contribution in [0.2, 0.25) is 10.0 Å². The zero-order chi connectivity index (χ0) is 24.5. The summed E-state index contributed by atoms with van der Waals surface area (Å²) in [5.74, 6) is -1.30. The number of sulfonamides is 1. The lowest BCUT2D eigenvalue weighted by molar-refractivity contribution is -0.144. The third-order valence-electron chi connectivity index (χ3n) is 5.48. The number of methoxy groups -OCH3 is 1. The molecule has 178 valence electrons. The van der Waals surface area contributed by atoms with Crippen LogP contribution in [0.15, 0.2) is 71.6 Å². The number of nitrogens with zero attached hydrogens (tertiary/aromatic N) is 1. The first-order valence-corrected chi connectivity index (χ1v) is 12.5. The molecule has 1 saturated heterocycles. The van der Waals surface area contributed by atoms with E-state index in [1.54, 1.807) is 36.4 Å². The van der Waals surface area contributed by atoms with Crippen LogP contribution in [0.25, 0.3) is 11.1 Å². The van der Waals surface area contributed by atoms with Crippen molar-refractivity contribution in [3.8, 4) is 16.9 Å². The summed E-state index contributed by atoms with van der Waals surface area (Å²) in [6, 6.07) is 15.9. The van der Waals surface area contributed by atoms with Gasteiger partial charge in [-0.3, -0.25) is 4.79 Å². The van der Waals surface area contributed by atoms with Crippen molar-refractivity contribution >= 4 is 39.2 Å². The Kier molecular flexibility index (Phi) is 7.14. The molecule has 0 aliphatic carbocycles. The predicted molar refractivity (Wildman–Crippen MR) is 127 cm³/mol. The number of hydrogen-bond acceptors (Lipinski definition) is 5. The summed E-state index contributed by atoms with van der Waals surface area (Å²) in [7, 11) is -2.90. The lowest BCUT2D eigenvalue weighted by Gasteiger charge is -2.22. The van der Waals surface area contributed by atoms with E-state index in [0.717, 1.165) is 15.4 Å². The van der Waals surface area contributed by atoms with Crippen molar-refractivity contribution in [1.29, 1.82) is 0 Å². The van der Waals surface area contributed by atoms with Crippen LogP contribution in [-0.2, 0) is 19.6 Å². The van der Waals surface area contributed by atoms with Crippen molar-refractivity contribution in [2.75, 3.05) is 13.7 Å². The van der Waals surface area contributed by atoms with E-state index in [4.69, 9.17) is 32.7 Å². The molecule has 3 aromatic rings. The van der Waals surface area contributed by atoms with Gasteiger partial charge in [-0.2, -0.15) is 4.31 Å². The highest BCUT2D eigenvalue weighted by atomic mass is 35.5. The molecule has 0 amide bonds. The van der Waals surface area contributed by atoms with E-state index >= 15 is 0 Å². The summed E-state index contributed by atoms with van der Waals surface area (Å²) in [6.45, 7) is -0.137. The molecule has 0 radical (unpaired) electrons. The Labute approximate surface area is 206 Å². The third-order valence-corrected chi connectivity index (χ3v) is 7.80. The van der Waals surface area contributed by atoms with Crippen molar-refractivity contribution < 1.29 is 27.1 Å². The van der Waals surface area contributed by atoms with E-state index in [0.29, 0.717) is 10.0 Å². The highest BCUT2D eigenvalue weighted by Gasteiger charge is 2.45. The summed E-state index contributed by atoms with van der Waals surface area (Å²) in [4.78, 5) is 12.4. The lowest BCUT2D eigenvalue weighted by atomic mass is 10.1. The van der Waals surface area contributed by atoms with E-state index in [9.17, 15) is 17.6 Å². The van der Waals surface area contributed by atoms with Gasteiger partial charge >= 0.3 is 5.97 Å². The van der Waals surface area contributed by atoms with E-state index < -0.39 is 34.0 Å². The molecule has 1 aliphatic rings. The van der Waals surface area contributed by atoms with Crippen LogP contribution in [0.4, 0.5) is 4.39 Å². The number of esters is 1. The quantitative estimate of drug-likeness (QED) is 0.416. The number of halogens is 3. The minimum Gasteiger partial charge on any atom is -0.486 e. The molecular weight excluding hydrogens is 504 g/mol.